The molecular weight excluding hydrogens is 262 g/mol. The summed E-state index contributed by atoms with van der Waals surface area (Å²) in [7, 11) is -10.1. The molecule has 0 aromatic heterocycles. The van der Waals surface area contributed by atoms with E-state index in [4.69, 9.17) is 14.9 Å². The highest BCUT2D eigenvalue weighted by atomic mass is 31.2. The predicted octanol–water partition coefficient (Wildman–Crippen LogP) is -0.195. The molecule has 0 radical (unpaired) electrons. The average molecular weight is 278 g/mol. The van der Waals surface area contributed by atoms with Crippen LogP contribution in [-0.2, 0) is 13.7 Å². The van der Waals surface area contributed by atoms with Crippen LogP contribution in [0.5, 0.6) is 0 Å². The van der Waals surface area contributed by atoms with E-state index >= 15 is 0 Å². The van der Waals surface area contributed by atoms with Gasteiger partial charge < -0.3 is 29.4 Å². The molecule has 0 saturated heterocycles. The van der Waals surface area contributed by atoms with Crippen LogP contribution in [0.15, 0.2) is 0 Å². The largest absolute Gasteiger partial charge is 0.396 e. The fourth-order valence-electron chi connectivity index (χ4n) is 1.05. The Bertz CT molecular complexity index is 312. The molecule has 0 fully saturated rings. The number of rotatable bonds is 7. The minimum Gasteiger partial charge on any atom is -0.396 e. The van der Waals surface area contributed by atoms with E-state index in [-0.39, 0.29) is 13.0 Å². The average Bonchev–Trinajstić information content (AvgIpc) is 2.11. The molecule has 98 valence electrons. The Morgan fingerprint density at radius 1 is 1.25 bits per heavy atom. The van der Waals surface area contributed by atoms with E-state index < -0.39 is 33.3 Å². The molecule has 16 heavy (non-hydrogen) atoms. The Morgan fingerprint density at radius 2 is 1.75 bits per heavy atom. The number of aliphatic hydroxyl groups is 2. The maximum absolute atomic E-state index is 11.5. The van der Waals surface area contributed by atoms with Crippen LogP contribution in [0.2, 0.25) is 0 Å². The summed E-state index contributed by atoms with van der Waals surface area (Å²) >= 11 is 0. The van der Waals surface area contributed by atoms with Crippen molar-refractivity contribution in [3.05, 3.63) is 0 Å². The summed E-state index contributed by atoms with van der Waals surface area (Å²) in [5.41, 5.74) is 0. The standard InChI is InChI=1S/C6H16O8P2/c1-2-14-16(12,13)6(8,4-3-5-7)15(9,10)11/h7-8H,2-5H2,1H3,(H,12,13)(H2,9,10,11). The molecule has 0 amide bonds. The first-order valence-electron chi connectivity index (χ1n) is 4.48. The lowest BCUT2D eigenvalue weighted by molar-refractivity contribution is 0.103. The van der Waals surface area contributed by atoms with E-state index in [1.165, 1.54) is 6.92 Å². The van der Waals surface area contributed by atoms with Crippen LogP contribution in [0.25, 0.3) is 0 Å². The Labute approximate surface area is 92.6 Å². The van der Waals surface area contributed by atoms with Gasteiger partial charge in [-0.15, -0.1) is 0 Å². The van der Waals surface area contributed by atoms with Gasteiger partial charge in [0.2, 0.25) is 0 Å². The Hall–Kier alpha value is 0.220. The third-order valence-electron chi connectivity index (χ3n) is 1.89. The summed E-state index contributed by atoms with van der Waals surface area (Å²) in [4.78, 5) is 27.1. The fraction of sp³-hybridized carbons (Fsp3) is 1.00. The van der Waals surface area contributed by atoms with Crippen LogP contribution in [0.4, 0.5) is 0 Å². The van der Waals surface area contributed by atoms with Crippen molar-refractivity contribution in [3.63, 3.8) is 0 Å². The van der Waals surface area contributed by atoms with Crippen LogP contribution < -0.4 is 0 Å². The van der Waals surface area contributed by atoms with Crippen molar-refractivity contribution in [1.29, 1.82) is 0 Å². The van der Waals surface area contributed by atoms with Gasteiger partial charge in [0.15, 0.2) is 0 Å². The fourth-order valence-corrected chi connectivity index (χ4v) is 3.98. The lowest BCUT2D eigenvalue weighted by Crippen LogP contribution is -2.30. The van der Waals surface area contributed by atoms with Gasteiger partial charge in [-0.2, -0.15) is 0 Å². The van der Waals surface area contributed by atoms with Gasteiger partial charge in [-0.1, -0.05) is 0 Å². The molecule has 0 aliphatic heterocycles. The second-order valence-corrected chi connectivity index (χ2v) is 7.30. The van der Waals surface area contributed by atoms with Crippen molar-refractivity contribution >= 4 is 15.2 Å². The van der Waals surface area contributed by atoms with Crippen LogP contribution >= 0.6 is 15.2 Å². The van der Waals surface area contributed by atoms with Gasteiger partial charge in [-0.05, 0) is 13.3 Å². The Kier molecular flexibility index (Phi) is 5.79. The van der Waals surface area contributed by atoms with E-state index in [0.717, 1.165) is 0 Å². The molecule has 0 spiro atoms. The molecule has 0 aromatic carbocycles. The van der Waals surface area contributed by atoms with E-state index in [9.17, 15) is 19.1 Å². The molecule has 0 heterocycles. The number of hydrogen-bond donors (Lipinski definition) is 5. The highest BCUT2D eigenvalue weighted by Gasteiger charge is 2.60. The van der Waals surface area contributed by atoms with Gasteiger partial charge in [-0.3, -0.25) is 9.13 Å². The predicted molar refractivity (Wildman–Crippen MR) is 54.8 cm³/mol. The van der Waals surface area contributed by atoms with Crippen molar-refractivity contribution in [3.8, 4) is 0 Å². The first-order chi connectivity index (χ1) is 7.12. The quantitative estimate of drug-likeness (QED) is 0.403. The summed E-state index contributed by atoms with van der Waals surface area (Å²) in [6.07, 6.45) is -0.971. The van der Waals surface area contributed by atoms with Gasteiger partial charge in [0.05, 0.1) is 6.61 Å². The van der Waals surface area contributed by atoms with Gasteiger partial charge in [0, 0.05) is 13.0 Å². The van der Waals surface area contributed by atoms with Crippen molar-refractivity contribution in [2.45, 2.75) is 24.8 Å². The van der Waals surface area contributed by atoms with Crippen molar-refractivity contribution in [2.24, 2.45) is 0 Å². The molecule has 8 nitrogen and oxygen atoms in total. The van der Waals surface area contributed by atoms with Gasteiger partial charge in [-0.25, -0.2) is 0 Å². The summed E-state index contributed by atoms with van der Waals surface area (Å²) < 4.78 is 26.8. The first-order valence-corrected chi connectivity index (χ1v) is 7.67. The highest BCUT2D eigenvalue weighted by Crippen LogP contribution is 2.71. The molecule has 0 bridgehead atoms. The third kappa shape index (κ3) is 3.35. The minimum absolute atomic E-state index is 0.237. The molecule has 2 unspecified atom stereocenters. The van der Waals surface area contributed by atoms with Crippen LogP contribution in [0.1, 0.15) is 19.8 Å². The Balaban J connectivity index is 5.24. The zero-order chi connectivity index (χ0) is 13.0. The monoisotopic (exact) mass is 278 g/mol. The molecule has 10 heteroatoms. The summed E-state index contributed by atoms with van der Waals surface area (Å²) in [6.45, 7) is 0.582. The molecule has 0 aromatic rings. The van der Waals surface area contributed by atoms with Crippen LogP contribution in [0.3, 0.4) is 0 Å². The second-order valence-electron chi connectivity index (χ2n) is 3.08. The highest BCUT2D eigenvalue weighted by molar-refractivity contribution is 7.72. The van der Waals surface area contributed by atoms with E-state index in [1.54, 1.807) is 0 Å². The van der Waals surface area contributed by atoms with Gasteiger partial charge >= 0.3 is 15.2 Å². The second kappa shape index (κ2) is 5.71. The minimum atomic E-state index is -5.26. The van der Waals surface area contributed by atoms with Gasteiger partial charge in [0.1, 0.15) is 0 Å². The summed E-state index contributed by atoms with van der Waals surface area (Å²) in [6, 6.07) is 0. The maximum atomic E-state index is 11.5. The molecule has 2 atom stereocenters. The van der Waals surface area contributed by atoms with Crippen molar-refractivity contribution in [1.82, 2.24) is 0 Å². The smallest absolute Gasteiger partial charge is 0.371 e. The topological polar surface area (TPSA) is 145 Å². The molecule has 0 rings (SSSR count). The summed E-state index contributed by atoms with van der Waals surface area (Å²) in [5, 5.41) is 15.0. The van der Waals surface area contributed by atoms with Crippen molar-refractivity contribution in [2.75, 3.05) is 13.2 Å². The normalized spacial score (nSPS) is 20.1. The first kappa shape index (κ1) is 16.2. The third-order valence-corrected chi connectivity index (χ3v) is 6.33. The molecule has 0 aliphatic carbocycles. The van der Waals surface area contributed by atoms with E-state index in [0.29, 0.717) is 0 Å². The van der Waals surface area contributed by atoms with E-state index in [1.807, 2.05) is 0 Å². The van der Waals surface area contributed by atoms with Crippen LogP contribution in [0, 0.1) is 0 Å². The number of hydrogen-bond acceptors (Lipinski definition) is 5. The van der Waals surface area contributed by atoms with E-state index in [2.05, 4.69) is 4.52 Å². The maximum Gasteiger partial charge on any atom is 0.371 e. The van der Waals surface area contributed by atoms with Crippen molar-refractivity contribution < 1.29 is 38.5 Å². The Morgan fingerprint density at radius 3 is 2.06 bits per heavy atom. The van der Waals surface area contributed by atoms with Crippen LogP contribution in [-0.4, -0.2) is 43.2 Å². The molecule has 0 saturated carbocycles. The lowest BCUT2D eigenvalue weighted by atomic mass is 10.3. The molecule has 0 aliphatic rings. The zero-order valence-electron chi connectivity index (χ0n) is 8.68. The molecule has 5 N–H and O–H groups in total. The lowest BCUT2D eigenvalue weighted by Gasteiger charge is -2.31. The number of aliphatic hydroxyl groups excluding tert-OH is 1. The van der Waals surface area contributed by atoms with Gasteiger partial charge in [0.25, 0.3) is 5.08 Å². The zero-order valence-corrected chi connectivity index (χ0v) is 10.5. The summed E-state index contributed by atoms with van der Waals surface area (Å²) in [5.74, 6) is 0. The molecular formula is C6H16O8P2. The SMILES string of the molecule is CCOP(=O)(O)C(O)(CCCO)P(=O)(O)O.